The van der Waals surface area contributed by atoms with Gasteiger partial charge in [-0.25, -0.2) is 4.98 Å². The molecule has 2 aromatic rings. The zero-order valence-electron chi connectivity index (χ0n) is 10.6. The molecule has 4 heteroatoms. The first kappa shape index (κ1) is 12.8. The van der Waals surface area contributed by atoms with Gasteiger partial charge in [0.05, 0.1) is 12.3 Å². The van der Waals surface area contributed by atoms with Gasteiger partial charge in [0.15, 0.2) is 4.77 Å². The molecule has 0 saturated heterocycles. The summed E-state index contributed by atoms with van der Waals surface area (Å²) in [5, 5.41) is 0. The van der Waals surface area contributed by atoms with Gasteiger partial charge in [-0.2, -0.15) is 0 Å². The third-order valence-corrected chi connectivity index (χ3v) is 2.83. The van der Waals surface area contributed by atoms with Crippen molar-refractivity contribution in [2.75, 3.05) is 6.61 Å². The van der Waals surface area contributed by atoms with Gasteiger partial charge >= 0.3 is 0 Å². The van der Waals surface area contributed by atoms with Crippen LogP contribution in [0.4, 0.5) is 0 Å². The fraction of sp³-hybridized carbons (Fsp3) is 0.286. The molecule has 0 amide bonds. The molecule has 0 aliphatic heterocycles. The number of nitrogens with zero attached hydrogens (tertiary/aromatic N) is 1. The standard InChI is InChI=1S/C14H16N2OS/c1-3-8-17-12-6-4-11(5-7-12)13-10(2)9-15-14(18)16-13/h4-7,9H,3,8H2,1-2H3,(H,15,16,18). The zero-order chi connectivity index (χ0) is 13.0. The Bertz CT molecular complexity index is 575. The molecule has 0 aliphatic rings. The van der Waals surface area contributed by atoms with Gasteiger partial charge in [0, 0.05) is 6.20 Å². The molecule has 1 heterocycles. The number of rotatable bonds is 4. The molecule has 0 saturated carbocycles. The Morgan fingerprint density at radius 3 is 2.67 bits per heavy atom. The quantitative estimate of drug-likeness (QED) is 0.847. The van der Waals surface area contributed by atoms with E-state index in [4.69, 9.17) is 17.0 Å². The first-order valence-electron chi connectivity index (χ1n) is 6.00. The number of H-pyrrole nitrogens is 1. The van der Waals surface area contributed by atoms with E-state index in [1.165, 1.54) is 0 Å². The predicted molar refractivity (Wildman–Crippen MR) is 75.4 cm³/mol. The number of hydrogen-bond acceptors (Lipinski definition) is 3. The Labute approximate surface area is 112 Å². The Hall–Kier alpha value is -1.68. The summed E-state index contributed by atoms with van der Waals surface area (Å²) in [4.78, 5) is 7.17. The maximum atomic E-state index is 5.56. The summed E-state index contributed by atoms with van der Waals surface area (Å²) in [6.45, 7) is 4.85. The van der Waals surface area contributed by atoms with Crippen LogP contribution in [0.15, 0.2) is 30.5 Å². The van der Waals surface area contributed by atoms with Crippen LogP contribution in [0, 0.1) is 11.7 Å². The molecular formula is C14H16N2OS. The van der Waals surface area contributed by atoms with Gasteiger partial charge < -0.3 is 9.72 Å². The molecule has 3 nitrogen and oxygen atoms in total. The molecule has 0 atom stereocenters. The molecule has 1 N–H and O–H groups in total. The number of aromatic amines is 1. The highest BCUT2D eigenvalue weighted by molar-refractivity contribution is 7.71. The van der Waals surface area contributed by atoms with E-state index >= 15 is 0 Å². The molecule has 0 spiro atoms. The smallest absolute Gasteiger partial charge is 0.197 e. The molecule has 1 aromatic carbocycles. The summed E-state index contributed by atoms with van der Waals surface area (Å²) in [6, 6.07) is 8.00. The van der Waals surface area contributed by atoms with E-state index in [1.807, 2.05) is 31.2 Å². The Morgan fingerprint density at radius 1 is 1.28 bits per heavy atom. The molecule has 0 fully saturated rings. The Morgan fingerprint density at radius 2 is 2.00 bits per heavy atom. The van der Waals surface area contributed by atoms with Gasteiger partial charge in [-0.05, 0) is 61.0 Å². The van der Waals surface area contributed by atoms with Gasteiger partial charge in [0.25, 0.3) is 0 Å². The van der Waals surface area contributed by atoms with E-state index in [1.54, 1.807) is 6.20 Å². The van der Waals surface area contributed by atoms with E-state index in [-0.39, 0.29) is 0 Å². The molecule has 2 rings (SSSR count). The topological polar surface area (TPSA) is 37.9 Å². The van der Waals surface area contributed by atoms with Crippen molar-refractivity contribution < 1.29 is 4.74 Å². The van der Waals surface area contributed by atoms with Crippen LogP contribution in [0.25, 0.3) is 11.3 Å². The van der Waals surface area contributed by atoms with E-state index in [0.29, 0.717) is 4.77 Å². The van der Waals surface area contributed by atoms with Crippen molar-refractivity contribution in [3.63, 3.8) is 0 Å². The number of aryl methyl sites for hydroxylation is 1. The average molecular weight is 260 g/mol. The summed E-state index contributed by atoms with van der Waals surface area (Å²) >= 11 is 5.05. The summed E-state index contributed by atoms with van der Waals surface area (Å²) in [5.41, 5.74) is 3.17. The van der Waals surface area contributed by atoms with Gasteiger partial charge in [0.2, 0.25) is 0 Å². The highest BCUT2D eigenvalue weighted by atomic mass is 32.1. The Balaban J connectivity index is 2.28. The molecule has 94 valence electrons. The van der Waals surface area contributed by atoms with Crippen LogP contribution in [-0.4, -0.2) is 16.6 Å². The van der Waals surface area contributed by atoms with Crippen molar-refractivity contribution >= 4 is 12.2 Å². The maximum Gasteiger partial charge on any atom is 0.197 e. The van der Waals surface area contributed by atoms with Crippen LogP contribution >= 0.6 is 12.2 Å². The van der Waals surface area contributed by atoms with Crippen molar-refractivity contribution in [2.24, 2.45) is 0 Å². The van der Waals surface area contributed by atoms with Gasteiger partial charge in [-0.3, -0.25) is 0 Å². The monoisotopic (exact) mass is 260 g/mol. The summed E-state index contributed by atoms with van der Waals surface area (Å²) < 4.78 is 6.06. The molecule has 18 heavy (non-hydrogen) atoms. The minimum atomic E-state index is 0.502. The van der Waals surface area contributed by atoms with Crippen molar-refractivity contribution in [2.45, 2.75) is 20.3 Å². The second kappa shape index (κ2) is 5.78. The number of benzene rings is 1. The summed E-state index contributed by atoms with van der Waals surface area (Å²) in [7, 11) is 0. The van der Waals surface area contributed by atoms with Crippen molar-refractivity contribution in [1.29, 1.82) is 0 Å². The molecule has 0 unspecified atom stereocenters. The fourth-order valence-electron chi connectivity index (χ4n) is 1.70. The van der Waals surface area contributed by atoms with Crippen LogP contribution in [0.1, 0.15) is 18.9 Å². The van der Waals surface area contributed by atoms with Gasteiger partial charge in [-0.15, -0.1) is 0 Å². The fourth-order valence-corrected chi connectivity index (χ4v) is 1.85. The van der Waals surface area contributed by atoms with Crippen molar-refractivity contribution in [3.05, 3.63) is 40.8 Å². The first-order chi connectivity index (χ1) is 8.70. The summed E-state index contributed by atoms with van der Waals surface area (Å²) in [6.07, 6.45) is 2.80. The highest BCUT2D eigenvalue weighted by Crippen LogP contribution is 2.23. The minimum absolute atomic E-state index is 0.502. The lowest BCUT2D eigenvalue weighted by Crippen LogP contribution is -1.95. The van der Waals surface area contributed by atoms with Crippen molar-refractivity contribution in [3.8, 4) is 17.0 Å². The minimum Gasteiger partial charge on any atom is -0.494 e. The van der Waals surface area contributed by atoms with Crippen LogP contribution < -0.4 is 4.74 Å². The van der Waals surface area contributed by atoms with Crippen LogP contribution in [0.5, 0.6) is 5.75 Å². The first-order valence-corrected chi connectivity index (χ1v) is 6.40. The lowest BCUT2D eigenvalue weighted by Gasteiger charge is -2.08. The van der Waals surface area contributed by atoms with Crippen LogP contribution in [0.2, 0.25) is 0 Å². The predicted octanol–water partition coefficient (Wildman–Crippen LogP) is 3.90. The van der Waals surface area contributed by atoms with E-state index < -0.39 is 0 Å². The summed E-state index contributed by atoms with van der Waals surface area (Å²) in [5.74, 6) is 0.894. The third-order valence-electron chi connectivity index (χ3n) is 2.62. The SMILES string of the molecule is CCCOc1ccc(-c2[nH]c(=S)ncc2C)cc1. The molecule has 1 aromatic heterocycles. The Kier molecular flexibility index (Phi) is 4.10. The van der Waals surface area contributed by atoms with Crippen molar-refractivity contribution in [1.82, 2.24) is 9.97 Å². The largest absolute Gasteiger partial charge is 0.494 e. The lowest BCUT2D eigenvalue weighted by molar-refractivity contribution is 0.317. The van der Waals surface area contributed by atoms with Crippen LogP contribution in [-0.2, 0) is 0 Å². The zero-order valence-corrected chi connectivity index (χ0v) is 11.4. The van der Waals surface area contributed by atoms with E-state index in [9.17, 15) is 0 Å². The average Bonchev–Trinajstić information content (AvgIpc) is 2.40. The number of aromatic nitrogens is 2. The second-order valence-electron chi connectivity index (χ2n) is 4.12. The van der Waals surface area contributed by atoms with E-state index in [0.717, 1.165) is 35.6 Å². The molecule has 0 aliphatic carbocycles. The number of nitrogens with one attached hydrogen (secondary N) is 1. The number of ether oxygens (including phenoxy) is 1. The normalized spacial score (nSPS) is 10.3. The van der Waals surface area contributed by atoms with Gasteiger partial charge in [-0.1, -0.05) is 6.92 Å². The molecule has 0 radical (unpaired) electrons. The van der Waals surface area contributed by atoms with E-state index in [2.05, 4.69) is 16.9 Å². The second-order valence-corrected chi connectivity index (χ2v) is 4.51. The number of hydrogen-bond donors (Lipinski definition) is 1. The highest BCUT2D eigenvalue weighted by Gasteiger charge is 2.03. The molecular weight excluding hydrogens is 244 g/mol. The maximum absolute atomic E-state index is 5.56. The lowest BCUT2D eigenvalue weighted by atomic mass is 10.1. The third kappa shape index (κ3) is 2.96. The van der Waals surface area contributed by atoms with Gasteiger partial charge in [0.1, 0.15) is 5.75 Å². The molecule has 0 bridgehead atoms. The van der Waals surface area contributed by atoms with Crippen LogP contribution in [0.3, 0.4) is 0 Å².